The molecule has 7 heteroatoms. The third-order valence-electron chi connectivity index (χ3n) is 2.20. The minimum absolute atomic E-state index is 0.0503. The van der Waals surface area contributed by atoms with Gasteiger partial charge in [-0.05, 0) is 19.1 Å². The maximum atomic E-state index is 11.0. The van der Waals surface area contributed by atoms with E-state index >= 15 is 0 Å². The van der Waals surface area contributed by atoms with Crippen molar-refractivity contribution in [1.82, 2.24) is 14.8 Å². The predicted octanol–water partition coefficient (Wildman–Crippen LogP) is 2.44. The van der Waals surface area contributed by atoms with Gasteiger partial charge in [-0.3, -0.25) is 4.68 Å². The van der Waals surface area contributed by atoms with Crippen molar-refractivity contribution in [2.45, 2.75) is 13.5 Å². The number of carboxylic acids is 1. The second-order valence-corrected chi connectivity index (χ2v) is 3.81. The first-order valence-corrected chi connectivity index (χ1v) is 5.58. The summed E-state index contributed by atoms with van der Waals surface area (Å²) in [4.78, 5) is 14.9. The van der Waals surface area contributed by atoms with Gasteiger partial charge in [-0.15, -0.1) is 0 Å². The molecule has 2 aromatic rings. The van der Waals surface area contributed by atoms with Gasteiger partial charge in [-0.25, -0.2) is 9.78 Å². The molecule has 0 bridgehead atoms. The van der Waals surface area contributed by atoms with Crippen LogP contribution in [0.1, 0.15) is 17.3 Å². The number of halogens is 1. The number of carboxylic acid groups (broad SMARTS) is 1. The Kier molecular flexibility index (Phi) is 3.47. The monoisotopic (exact) mass is 267 g/mol. The molecule has 2 heterocycles. The van der Waals surface area contributed by atoms with Crippen LogP contribution in [0, 0.1) is 0 Å². The number of carbonyl (C=O) groups is 1. The van der Waals surface area contributed by atoms with E-state index in [1.165, 1.54) is 18.3 Å². The van der Waals surface area contributed by atoms with E-state index in [-0.39, 0.29) is 16.6 Å². The van der Waals surface area contributed by atoms with Crippen molar-refractivity contribution in [3.63, 3.8) is 0 Å². The molecule has 94 valence electrons. The second-order valence-electron chi connectivity index (χ2n) is 3.43. The number of aryl methyl sites for hydroxylation is 1. The Balaban J connectivity index is 2.32. The van der Waals surface area contributed by atoms with Gasteiger partial charge >= 0.3 is 5.97 Å². The topological polar surface area (TPSA) is 77.2 Å². The summed E-state index contributed by atoms with van der Waals surface area (Å²) in [5.41, 5.74) is -0.0522. The van der Waals surface area contributed by atoms with Crippen LogP contribution >= 0.6 is 11.6 Å². The van der Waals surface area contributed by atoms with Gasteiger partial charge in [0.1, 0.15) is 10.7 Å². The van der Waals surface area contributed by atoms with E-state index in [9.17, 15) is 4.79 Å². The Hall–Kier alpha value is -2.08. The lowest BCUT2D eigenvalue weighted by atomic mass is 10.3. The van der Waals surface area contributed by atoms with E-state index in [1.807, 2.05) is 6.92 Å². The van der Waals surface area contributed by atoms with Crippen molar-refractivity contribution in [3.05, 3.63) is 35.2 Å². The molecule has 1 N–H and O–H groups in total. The number of rotatable bonds is 4. The molecule has 18 heavy (non-hydrogen) atoms. The predicted molar refractivity (Wildman–Crippen MR) is 64.2 cm³/mol. The van der Waals surface area contributed by atoms with Crippen molar-refractivity contribution >= 4 is 17.6 Å². The lowest BCUT2D eigenvalue weighted by Crippen LogP contribution is -2.01. The first kappa shape index (κ1) is 12.4. The second kappa shape index (κ2) is 5.05. The van der Waals surface area contributed by atoms with E-state index in [1.54, 1.807) is 10.9 Å². The Morgan fingerprint density at radius 1 is 1.56 bits per heavy atom. The zero-order valence-corrected chi connectivity index (χ0v) is 10.3. The van der Waals surface area contributed by atoms with Crippen LogP contribution < -0.4 is 4.74 Å². The van der Waals surface area contributed by atoms with Crippen molar-refractivity contribution in [2.75, 3.05) is 0 Å². The number of pyridine rings is 1. The van der Waals surface area contributed by atoms with Crippen LogP contribution in [0.5, 0.6) is 11.6 Å². The smallest absolute Gasteiger partial charge is 0.341 e. The van der Waals surface area contributed by atoms with Crippen molar-refractivity contribution in [3.8, 4) is 11.6 Å². The van der Waals surface area contributed by atoms with Gasteiger partial charge in [-0.1, -0.05) is 11.6 Å². The molecule has 0 saturated heterocycles. The average molecular weight is 268 g/mol. The van der Waals surface area contributed by atoms with Crippen molar-refractivity contribution in [2.24, 2.45) is 0 Å². The Morgan fingerprint density at radius 2 is 2.33 bits per heavy atom. The van der Waals surface area contributed by atoms with Crippen LogP contribution in [-0.4, -0.2) is 25.8 Å². The first-order valence-electron chi connectivity index (χ1n) is 5.20. The van der Waals surface area contributed by atoms with Crippen LogP contribution in [0.3, 0.4) is 0 Å². The van der Waals surface area contributed by atoms with E-state index in [2.05, 4.69) is 10.1 Å². The molecule has 0 fully saturated rings. The molecular weight excluding hydrogens is 258 g/mol. The SMILES string of the molecule is CCn1cc(Oc2nc(Cl)ccc2C(=O)O)cn1. The number of hydrogen-bond acceptors (Lipinski definition) is 4. The van der Waals surface area contributed by atoms with Gasteiger partial charge in [0.25, 0.3) is 0 Å². The molecule has 0 spiro atoms. The highest BCUT2D eigenvalue weighted by molar-refractivity contribution is 6.29. The van der Waals surface area contributed by atoms with E-state index in [0.29, 0.717) is 12.3 Å². The average Bonchev–Trinajstić information content (AvgIpc) is 2.76. The molecule has 6 nitrogen and oxygen atoms in total. The van der Waals surface area contributed by atoms with E-state index in [4.69, 9.17) is 21.4 Å². The van der Waals surface area contributed by atoms with Crippen LogP contribution in [0.4, 0.5) is 0 Å². The highest BCUT2D eigenvalue weighted by Gasteiger charge is 2.15. The summed E-state index contributed by atoms with van der Waals surface area (Å²) in [5, 5.41) is 13.2. The van der Waals surface area contributed by atoms with Gasteiger partial charge in [0.2, 0.25) is 5.88 Å². The van der Waals surface area contributed by atoms with Gasteiger partial charge < -0.3 is 9.84 Å². The summed E-state index contributed by atoms with van der Waals surface area (Å²) >= 11 is 5.72. The molecule has 0 aliphatic carbocycles. The standard InChI is InChI=1S/C11H10ClN3O3/c1-2-15-6-7(5-13-15)18-10-8(11(16)17)3-4-9(12)14-10/h3-6H,2H2,1H3,(H,16,17). The molecule has 0 amide bonds. The summed E-state index contributed by atoms with van der Waals surface area (Å²) in [6, 6.07) is 2.74. The number of aromatic carboxylic acids is 1. The molecule has 0 saturated carbocycles. The minimum Gasteiger partial charge on any atom is -0.477 e. The maximum Gasteiger partial charge on any atom is 0.341 e. The van der Waals surface area contributed by atoms with Crippen LogP contribution in [0.2, 0.25) is 5.15 Å². The fraction of sp³-hybridized carbons (Fsp3) is 0.182. The Bertz CT molecular complexity index is 583. The summed E-state index contributed by atoms with van der Waals surface area (Å²) in [5.74, 6) is -0.767. The molecule has 0 atom stereocenters. The zero-order valence-electron chi connectivity index (χ0n) is 9.50. The number of ether oxygens (including phenoxy) is 1. The van der Waals surface area contributed by atoms with Gasteiger partial charge in [0, 0.05) is 6.54 Å². The van der Waals surface area contributed by atoms with Gasteiger partial charge in [-0.2, -0.15) is 5.10 Å². The van der Waals surface area contributed by atoms with E-state index < -0.39 is 5.97 Å². The Labute approximate surface area is 108 Å². The zero-order chi connectivity index (χ0) is 13.1. The highest BCUT2D eigenvalue weighted by atomic mass is 35.5. The van der Waals surface area contributed by atoms with Crippen LogP contribution in [-0.2, 0) is 6.54 Å². The molecule has 0 aliphatic rings. The minimum atomic E-state index is -1.13. The summed E-state index contributed by atoms with van der Waals surface area (Å²) < 4.78 is 7.03. The Morgan fingerprint density at radius 3 is 2.94 bits per heavy atom. The van der Waals surface area contributed by atoms with Gasteiger partial charge in [0.05, 0.1) is 12.4 Å². The largest absolute Gasteiger partial charge is 0.477 e. The number of aromatic nitrogens is 3. The quantitative estimate of drug-likeness (QED) is 0.861. The van der Waals surface area contributed by atoms with Gasteiger partial charge in [0.15, 0.2) is 5.75 Å². The highest BCUT2D eigenvalue weighted by Crippen LogP contribution is 2.24. The third kappa shape index (κ3) is 2.60. The number of nitrogens with zero attached hydrogens (tertiary/aromatic N) is 3. The lowest BCUT2D eigenvalue weighted by molar-refractivity contribution is 0.0693. The maximum absolute atomic E-state index is 11.0. The normalized spacial score (nSPS) is 10.3. The summed E-state index contributed by atoms with van der Waals surface area (Å²) in [7, 11) is 0. The fourth-order valence-electron chi connectivity index (χ4n) is 1.34. The van der Waals surface area contributed by atoms with Crippen LogP contribution in [0.15, 0.2) is 24.5 Å². The molecule has 0 aromatic carbocycles. The number of hydrogen-bond donors (Lipinski definition) is 1. The summed E-state index contributed by atoms with van der Waals surface area (Å²) in [6.07, 6.45) is 3.13. The molecule has 2 aromatic heterocycles. The molecule has 2 rings (SSSR count). The fourth-order valence-corrected chi connectivity index (χ4v) is 1.48. The molecule has 0 aliphatic heterocycles. The van der Waals surface area contributed by atoms with Crippen molar-refractivity contribution in [1.29, 1.82) is 0 Å². The lowest BCUT2D eigenvalue weighted by Gasteiger charge is -2.05. The third-order valence-corrected chi connectivity index (χ3v) is 2.42. The summed E-state index contributed by atoms with van der Waals surface area (Å²) in [6.45, 7) is 2.62. The van der Waals surface area contributed by atoms with Crippen LogP contribution in [0.25, 0.3) is 0 Å². The molecular formula is C11H10ClN3O3. The molecule has 0 radical (unpaired) electrons. The molecule has 0 unspecified atom stereocenters. The van der Waals surface area contributed by atoms with Crippen molar-refractivity contribution < 1.29 is 14.6 Å². The first-order chi connectivity index (χ1) is 8.60. The van der Waals surface area contributed by atoms with E-state index in [0.717, 1.165) is 0 Å².